The minimum Gasteiger partial charge on any atom is -0.481 e. The number of amides is 2. The van der Waals surface area contributed by atoms with E-state index >= 15 is 0 Å². The maximum absolute atomic E-state index is 13.3. The zero-order valence-electron chi connectivity index (χ0n) is 11.0. The van der Waals surface area contributed by atoms with Crippen molar-refractivity contribution in [3.05, 3.63) is 29.6 Å². The monoisotopic (exact) mass is 306 g/mol. The first-order valence-electron chi connectivity index (χ1n) is 5.77. The fourth-order valence-corrected chi connectivity index (χ4v) is 1.46. The van der Waals surface area contributed by atoms with Crippen LogP contribution in [0.4, 0.5) is 23.7 Å². The zero-order valence-corrected chi connectivity index (χ0v) is 11.0. The number of carbonyl (C=O) groups excluding carboxylic acids is 1. The van der Waals surface area contributed by atoms with E-state index in [-0.39, 0.29) is 13.0 Å². The van der Waals surface area contributed by atoms with Gasteiger partial charge in [0.05, 0.1) is 12.5 Å². The van der Waals surface area contributed by atoms with Crippen molar-refractivity contribution in [2.45, 2.75) is 12.5 Å². The van der Waals surface area contributed by atoms with E-state index in [1.165, 1.54) is 7.11 Å². The third-order valence-corrected chi connectivity index (χ3v) is 2.47. The molecule has 1 aromatic carbocycles. The lowest BCUT2D eigenvalue weighted by molar-refractivity contribution is -0.139. The number of benzene rings is 1. The molecule has 1 rings (SSSR count). The van der Waals surface area contributed by atoms with E-state index in [4.69, 9.17) is 9.84 Å². The molecule has 0 aliphatic heterocycles. The molecule has 0 heterocycles. The number of hydrogen-bond acceptors (Lipinski definition) is 3. The van der Waals surface area contributed by atoms with Crippen LogP contribution in [0.3, 0.4) is 0 Å². The first-order valence-corrected chi connectivity index (χ1v) is 5.77. The van der Waals surface area contributed by atoms with Crippen molar-refractivity contribution in [2.75, 3.05) is 19.0 Å². The summed E-state index contributed by atoms with van der Waals surface area (Å²) >= 11 is 0. The van der Waals surface area contributed by atoms with Crippen LogP contribution in [0.1, 0.15) is 6.42 Å². The molecule has 116 valence electrons. The van der Waals surface area contributed by atoms with E-state index in [1.54, 1.807) is 0 Å². The van der Waals surface area contributed by atoms with Crippen molar-refractivity contribution in [2.24, 2.45) is 0 Å². The number of carboxylic acids is 1. The third-order valence-electron chi connectivity index (χ3n) is 2.47. The highest BCUT2D eigenvalue weighted by Gasteiger charge is 2.16. The molecule has 21 heavy (non-hydrogen) atoms. The number of ether oxygens (including phenoxy) is 1. The fraction of sp³-hybridized carbons (Fsp3) is 0.333. The van der Waals surface area contributed by atoms with Crippen molar-refractivity contribution < 1.29 is 32.6 Å². The highest BCUT2D eigenvalue weighted by molar-refractivity contribution is 5.89. The van der Waals surface area contributed by atoms with Gasteiger partial charge in [-0.3, -0.25) is 4.79 Å². The van der Waals surface area contributed by atoms with E-state index in [0.29, 0.717) is 12.1 Å². The van der Waals surface area contributed by atoms with Crippen LogP contribution in [0.2, 0.25) is 0 Å². The summed E-state index contributed by atoms with van der Waals surface area (Å²) in [6, 6.07) is -0.144. The van der Waals surface area contributed by atoms with Gasteiger partial charge in [-0.2, -0.15) is 0 Å². The molecule has 0 spiro atoms. The zero-order chi connectivity index (χ0) is 16.0. The van der Waals surface area contributed by atoms with E-state index in [1.807, 2.05) is 5.32 Å². The Morgan fingerprint density at radius 3 is 2.33 bits per heavy atom. The van der Waals surface area contributed by atoms with Gasteiger partial charge in [-0.25, -0.2) is 18.0 Å². The molecule has 0 saturated carbocycles. The van der Waals surface area contributed by atoms with Gasteiger partial charge in [0.25, 0.3) is 0 Å². The Morgan fingerprint density at radius 2 is 1.86 bits per heavy atom. The number of rotatable bonds is 6. The summed E-state index contributed by atoms with van der Waals surface area (Å²) in [6.07, 6.45) is -1.15. The number of aliphatic carboxylic acids is 1. The Morgan fingerprint density at radius 1 is 1.29 bits per heavy atom. The molecular formula is C12H13F3N2O4. The van der Waals surface area contributed by atoms with Gasteiger partial charge in [-0.15, -0.1) is 0 Å². The van der Waals surface area contributed by atoms with Gasteiger partial charge >= 0.3 is 12.0 Å². The Balaban J connectivity index is 2.60. The van der Waals surface area contributed by atoms with Crippen molar-refractivity contribution in [3.8, 4) is 0 Å². The smallest absolute Gasteiger partial charge is 0.319 e. The molecule has 0 aromatic heterocycles. The Kier molecular flexibility index (Phi) is 5.97. The molecule has 0 bridgehead atoms. The lowest BCUT2D eigenvalue weighted by Crippen LogP contribution is -2.37. The van der Waals surface area contributed by atoms with Crippen molar-refractivity contribution >= 4 is 17.7 Å². The largest absolute Gasteiger partial charge is 0.481 e. The second kappa shape index (κ2) is 7.48. The number of carboxylic acid groups (broad SMARTS) is 1. The van der Waals surface area contributed by atoms with Gasteiger partial charge in [0.2, 0.25) is 0 Å². The van der Waals surface area contributed by atoms with Crippen LogP contribution in [-0.2, 0) is 9.53 Å². The lowest BCUT2D eigenvalue weighted by atomic mass is 10.2. The average molecular weight is 306 g/mol. The third kappa shape index (κ3) is 5.30. The fourth-order valence-electron chi connectivity index (χ4n) is 1.46. The first-order chi connectivity index (χ1) is 9.83. The van der Waals surface area contributed by atoms with Crippen LogP contribution >= 0.6 is 0 Å². The highest BCUT2D eigenvalue weighted by atomic mass is 19.1. The lowest BCUT2D eigenvalue weighted by Gasteiger charge is -2.14. The minimum absolute atomic E-state index is 0.181. The van der Waals surface area contributed by atoms with Crippen LogP contribution in [0.5, 0.6) is 0 Å². The van der Waals surface area contributed by atoms with E-state index in [0.717, 1.165) is 0 Å². The Bertz CT molecular complexity index is 516. The maximum Gasteiger partial charge on any atom is 0.319 e. The van der Waals surface area contributed by atoms with E-state index in [9.17, 15) is 22.8 Å². The molecule has 1 atom stereocenters. The normalized spacial score (nSPS) is 11.8. The second-order valence-electron chi connectivity index (χ2n) is 4.04. The number of nitrogens with one attached hydrogen (secondary N) is 2. The predicted molar refractivity (Wildman–Crippen MR) is 66.4 cm³/mol. The van der Waals surface area contributed by atoms with Gasteiger partial charge in [0.1, 0.15) is 11.5 Å². The molecule has 0 aliphatic carbocycles. The molecule has 2 amide bonds. The molecule has 0 aliphatic rings. The topological polar surface area (TPSA) is 87.7 Å². The summed E-state index contributed by atoms with van der Waals surface area (Å²) in [7, 11) is 1.26. The van der Waals surface area contributed by atoms with Gasteiger partial charge in [0, 0.05) is 25.8 Å². The minimum atomic E-state index is -1.27. The number of methoxy groups -OCH3 is 1. The maximum atomic E-state index is 13.3. The highest BCUT2D eigenvalue weighted by Crippen LogP contribution is 2.19. The SMILES string of the molecule is COC(CNC(=O)Nc1c(F)cc(F)cc1F)CC(=O)O. The quantitative estimate of drug-likeness (QED) is 0.746. The van der Waals surface area contributed by atoms with Crippen LogP contribution in [-0.4, -0.2) is 36.9 Å². The molecule has 0 radical (unpaired) electrons. The summed E-state index contributed by atoms with van der Waals surface area (Å²) < 4.78 is 44.1. The molecule has 3 N–H and O–H groups in total. The predicted octanol–water partition coefficient (Wildman–Crippen LogP) is 1.72. The molecule has 1 aromatic rings. The first kappa shape index (κ1) is 16.8. The molecular weight excluding hydrogens is 293 g/mol. The number of urea groups is 1. The van der Waals surface area contributed by atoms with Crippen molar-refractivity contribution in [3.63, 3.8) is 0 Å². The standard InChI is InChI=1S/C12H13F3N2O4/c1-21-7(4-10(18)19)5-16-12(20)17-11-8(14)2-6(13)3-9(11)15/h2-3,7H,4-5H2,1H3,(H,18,19)(H2,16,17,20). The van der Waals surface area contributed by atoms with Crippen LogP contribution in [0.25, 0.3) is 0 Å². The van der Waals surface area contributed by atoms with E-state index < -0.39 is 41.2 Å². The Labute approximate surface area is 117 Å². The summed E-state index contributed by atoms with van der Waals surface area (Å²) in [6.45, 7) is -0.181. The van der Waals surface area contributed by atoms with E-state index in [2.05, 4.69) is 5.32 Å². The van der Waals surface area contributed by atoms with Gasteiger partial charge in [-0.1, -0.05) is 0 Å². The molecule has 6 nitrogen and oxygen atoms in total. The second-order valence-corrected chi connectivity index (χ2v) is 4.04. The molecule has 1 unspecified atom stereocenters. The van der Waals surface area contributed by atoms with Gasteiger partial charge in [-0.05, 0) is 0 Å². The number of halogens is 3. The average Bonchev–Trinajstić information content (AvgIpc) is 2.38. The number of carbonyl (C=O) groups is 2. The van der Waals surface area contributed by atoms with Crippen molar-refractivity contribution in [1.82, 2.24) is 5.32 Å². The summed E-state index contributed by atoms with van der Waals surface area (Å²) in [5, 5.41) is 12.6. The van der Waals surface area contributed by atoms with Gasteiger partial charge < -0.3 is 20.5 Å². The number of hydrogen-bond donors (Lipinski definition) is 3. The Hall–Kier alpha value is -2.29. The molecule has 0 fully saturated rings. The van der Waals surface area contributed by atoms with Crippen LogP contribution in [0.15, 0.2) is 12.1 Å². The van der Waals surface area contributed by atoms with Gasteiger partial charge in [0.15, 0.2) is 11.6 Å². The molecule has 0 saturated heterocycles. The summed E-state index contributed by atoms with van der Waals surface area (Å²) in [4.78, 5) is 21.9. The van der Waals surface area contributed by atoms with Crippen molar-refractivity contribution in [1.29, 1.82) is 0 Å². The summed E-state index contributed by atoms with van der Waals surface area (Å²) in [5.74, 6) is -4.77. The summed E-state index contributed by atoms with van der Waals surface area (Å²) in [5.41, 5.74) is -0.805. The van der Waals surface area contributed by atoms with Crippen LogP contribution in [0, 0.1) is 17.5 Å². The molecule has 9 heteroatoms. The number of anilines is 1. The van der Waals surface area contributed by atoms with Crippen LogP contribution < -0.4 is 10.6 Å².